The molecule has 1 N–H and O–H groups in total. The van der Waals surface area contributed by atoms with Crippen LogP contribution in [0.25, 0.3) is 0 Å². The lowest BCUT2D eigenvalue weighted by Crippen LogP contribution is -2.68. The highest BCUT2D eigenvalue weighted by Crippen LogP contribution is 2.46. The number of nitro groups is 1. The van der Waals surface area contributed by atoms with Crippen molar-refractivity contribution in [3.8, 4) is 5.75 Å². The lowest BCUT2D eigenvalue weighted by molar-refractivity contribution is -0.384. The zero-order chi connectivity index (χ0) is 26.1. The molecule has 190 valence electrons. The van der Waals surface area contributed by atoms with Gasteiger partial charge in [-0.15, -0.1) is 0 Å². The number of carbonyl (C=O) groups is 2. The number of carboxylic acids is 1. The summed E-state index contributed by atoms with van der Waals surface area (Å²) in [6.07, 6.45) is 0.693. The van der Waals surface area contributed by atoms with E-state index in [9.17, 15) is 24.8 Å². The van der Waals surface area contributed by atoms with Crippen molar-refractivity contribution in [2.24, 2.45) is 11.8 Å². The van der Waals surface area contributed by atoms with Crippen LogP contribution in [0.4, 0.5) is 5.69 Å². The van der Waals surface area contributed by atoms with E-state index in [1.165, 1.54) is 24.3 Å². The molecule has 3 aliphatic rings. The van der Waals surface area contributed by atoms with Gasteiger partial charge in [0.1, 0.15) is 17.9 Å². The number of hydrogen-bond donors (Lipinski definition) is 1. The van der Waals surface area contributed by atoms with E-state index in [0.717, 1.165) is 11.1 Å². The summed E-state index contributed by atoms with van der Waals surface area (Å²) in [6, 6.07) is 23.4. The van der Waals surface area contributed by atoms with Gasteiger partial charge in [-0.25, -0.2) is 4.79 Å². The molecule has 3 fully saturated rings. The highest BCUT2D eigenvalue weighted by molar-refractivity contribution is 5.91. The van der Waals surface area contributed by atoms with E-state index in [2.05, 4.69) is 6.92 Å². The number of hydrogen-bond acceptors (Lipinski definition) is 5. The SMILES string of the molecule is CC1C[C@@H]2C(Oc3ccc([N+](=O)[O-])cc3)CC1N(C(=O)C(c1ccccc1)c1ccccc1)[C@@H]2C(=O)O. The predicted molar refractivity (Wildman–Crippen MR) is 136 cm³/mol. The largest absolute Gasteiger partial charge is 0.490 e. The molecule has 0 aromatic heterocycles. The number of amides is 1. The summed E-state index contributed by atoms with van der Waals surface area (Å²) >= 11 is 0. The Morgan fingerprint density at radius 2 is 1.51 bits per heavy atom. The Kier molecular flexibility index (Phi) is 6.65. The minimum absolute atomic E-state index is 0.0424. The summed E-state index contributed by atoms with van der Waals surface area (Å²) < 4.78 is 6.19. The van der Waals surface area contributed by atoms with E-state index in [4.69, 9.17) is 4.74 Å². The maximum atomic E-state index is 14.3. The first kappa shape index (κ1) is 24.5. The lowest BCUT2D eigenvalue weighted by atomic mass is 9.67. The molecule has 2 bridgehead atoms. The second kappa shape index (κ2) is 10.0. The van der Waals surface area contributed by atoms with E-state index < -0.39 is 34.9 Å². The molecule has 1 amide bonds. The first-order valence-electron chi connectivity index (χ1n) is 12.4. The fraction of sp³-hybridized carbons (Fsp3) is 0.310. The number of piperidine rings is 2. The van der Waals surface area contributed by atoms with Gasteiger partial charge >= 0.3 is 5.97 Å². The highest BCUT2D eigenvalue weighted by atomic mass is 16.6. The van der Waals surface area contributed by atoms with Crippen molar-refractivity contribution in [2.75, 3.05) is 0 Å². The molecule has 3 aromatic rings. The molecular formula is C29H28N2O6. The third-order valence-corrected chi connectivity index (χ3v) is 7.67. The van der Waals surface area contributed by atoms with E-state index in [0.29, 0.717) is 18.6 Å². The van der Waals surface area contributed by atoms with Crippen molar-refractivity contribution in [3.63, 3.8) is 0 Å². The molecule has 37 heavy (non-hydrogen) atoms. The summed E-state index contributed by atoms with van der Waals surface area (Å²) in [5.74, 6) is -1.75. The van der Waals surface area contributed by atoms with Gasteiger partial charge in [0.2, 0.25) is 5.91 Å². The van der Waals surface area contributed by atoms with Gasteiger partial charge in [-0.2, -0.15) is 0 Å². The first-order chi connectivity index (χ1) is 17.8. The number of ether oxygens (including phenoxy) is 1. The molecule has 8 heteroatoms. The minimum Gasteiger partial charge on any atom is -0.490 e. The molecular weight excluding hydrogens is 472 g/mol. The maximum absolute atomic E-state index is 14.3. The van der Waals surface area contributed by atoms with Crippen molar-refractivity contribution in [3.05, 3.63) is 106 Å². The molecule has 1 aliphatic carbocycles. The molecule has 2 saturated heterocycles. The number of aliphatic carboxylic acids is 1. The number of carboxylic acid groups (broad SMARTS) is 1. The van der Waals surface area contributed by atoms with Crippen LogP contribution in [0, 0.1) is 22.0 Å². The van der Waals surface area contributed by atoms with Gasteiger partial charge in [0.15, 0.2) is 0 Å². The minimum atomic E-state index is -1.05. The van der Waals surface area contributed by atoms with Crippen molar-refractivity contribution in [1.29, 1.82) is 0 Å². The van der Waals surface area contributed by atoms with Gasteiger partial charge in [0.25, 0.3) is 5.69 Å². The molecule has 0 spiro atoms. The monoisotopic (exact) mass is 500 g/mol. The standard InChI is InChI=1S/C29H28N2O6/c1-18-16-23-25(37-22-14-12-21(13-15-22)31(35)36)17-24(18)30(27(23)29(33)34)28(32)26(19-8-4-2-5-9-19)20-10-6-3-7-11-20/h2-15,18,23-27H,16-17H2,1H3,(H,33,34)/t18?,23-,24?,25?,27+/m1/s1. The number of non-ortho nitro benzene ring substituents is 1. The Bertz CT molecular complexity index is 1240. The Morgan fingerprint density at radius 1 is 0.946 bits per heavy atom. The molecule has 3 unspecified atom stereocenters. The summed E-state index contributed by atoms with van der Waals surface area (Å²) in [5, 5.41) is 21.3. The molecule has 2 heterocycles. The van der Waals surface area contributed by atoms with E-state index in [1.54, 1.807) is 4.90 Å². The fourth-order valence-corrected chi connectivity index (χ4v) is 5.99. The summed E-state index contributed by atoms with van der Waals surface area (Å²) in [7, 11) is 0. The summed E-state index contributed by atoms with van der Waals surface area (Å²) in [4.78, 5) is 39.0. The van der Waals surface area contributed by atoms with Crippen LogP contribution in [0.5, 0.6) is 5.75 Å². The Labute approximate surface area is 214 Å². The third-order valence-electron chi connectivity index (χ3n) is 7.67. The van der Waals surface area contributed by atoms with E-state index >= 15 is 0 Å². The predicted octanol–water partition coefficient (Wildman–Crippen LogP) is 4.88. The van der Waals surface area contributed by atoms with E-state index in [-0.39, 0.29) is 23.6 Å². The second-order valence-electron chi connectivity index (χ2n) is 9.87. The van der Waals surface area contributed by atoms with Crippen molar-refractivity contribution < 1.29 is 24.4 Å². The van der Waals surface area contributed by atoms with Crippen molar-refractivity contribution >= 4 is 17.6 Å². The molecule has 6 rings (SSSR count). The van der Waals surface area contributed by atoms with Crippen molar-refractivity contribution in [1.82, 2.24) is 4.90 Å². The molecule has 3 aromatic carbocycles. The van der Waals surface area contributed by atoms with Gasteiger partial charge < -0.3 is 14.7 Å². The molecule has 1 saturated carbocycles. The van der Waals surface area contributed by atoms with Gasteiger partial charge in [-0.1, -0.05) is 67.6 Å². The number of nitro benzene ring substituents is 1. The van der Waals surface area contributed by atoms with Gasteiger partial charge in [-0.05, 0) is 35.6 Å². The number of nitrogens with zero attached hydrogens (tertiary/aromatic N) is 2. The Balaban J connectivity index is 1.47. The smallest absolute Gasteiger partial charge is 0.326 e. The first-order valence-corrected chi connectivity index (χ1v) is 12.4. The highest BCUT2D eigenvalue weighted by Gasteiger charge is 2.56. The number of fused-ring (bicyclic) bond motifs is 3. The van der Waals surface area contributed by atoms with Gasteiger partial charge in [0.05, 0.1) is 10.8 Å². The third kappa shape index (κ3) is 4.67. The molecule has 5 atom stereocenters. The van der Waals surface area contributed by atoms with Crippen LogP contribution in [0.15, 0.2) is 84.9 Å². The quantitative estimate of drug-likeness (QED) is 0.366. The van der Waals surface area contributed by atoms with Crippen LogP contribution < -0.4 is 4.74 Å². The average Bonchev–Trinajstić information content (AvgIpc) is 2.90. The fourth-order valence-electron chi connectivity index (χ4n) is 5.99. The van der Waals surface area contributed by atoms with Gasteiger partial charge in [0, 0.05) is 30.5 Å². The lowest BCUT2D eigenvalue weighted by Gasteiger charge is -2.56. The summed E-state index contributed by atoms with van der Waals surface area (Å²) in [5.41, 5.74) is 1.59. The van der Waals surface area contributed by atoms with Crippen LogP contribution in [0.2, 0.25) is 0 Å². The number of rotatable bonds is 7. The Morgan fingerprint density at radius 3 is 2.03 bits per heavy atom. The molecule has 8 nitrogen and oxygen atoms in total. The van der Waals surface area contributed by atoms with Crippen LogP contribution >= 0.6 is 0 Å². The maximum Gasteiger partial charge on any atom is 0.326 e. The zero-order valence-electron chi connectivity index (χ0n) is 20.3. The van der Waals surface area contributed by atoms with Gasteiger partial charge in [-0.3, -0.25) is 14.9 Å². The second-order valence-corrected chi connectivity index (χ2v) is 9.87. The summed E-state index contributed by atoms with van der Waals surface area (Å²) in [6.45, 7) is 2.05. The zero-order valence-corrected chi connectivity index (χ0v) is 20.3. The topological polar surface area (TPSA) is 110 Å². The van der Waals surface area contributed by atoms with Crippen LogP contribution in [-0.2, 0) is 9.59 Å². The van der Waals surface area contributed by atoms with Crippen LogP contribution in [-0.4, -0.2) is 45.0 Å². The molecule has 2 aliphatic heterocycles. The van der Waals surface area contributed by atoms with Crippen molar-refractivity contribution in [2.45, 2.75) is 43.9 Å². The van der Waals surface area contributed by atoms with Crippen LogP contribution in [0.1, 0.15) is 36.8 Å². The average molecular weight is 501 g/mol. The van der Waals surface area contributed by atoms with Crippen LogP contribution in [0.3, 0.4) is 0 Å². The number of carbonyl (C=O) groups excluding carboxylic acids is 1. The Hall–Kier alpha value is -4.20. The molecule has 0 radical (unpaired) electrons. The number of benzene rings is 3. The van der Waals surface area contributed by atoms with E-state index in [1.807, 2.05) is 60.7 Å². The normalized spacial score (nSPS) is 24.6.